The molecule has 1 aliphatic carbocycles. The molecule has 0 spiro atoms. The Morgan fingerprint density at radius 3 is 2.57 bits per heavy atom. The Hall–Kier alpha value is -0.860. The quantitative estimate of drug-likeness (QED) is 0.687. The Morgan fingerprint density at radius 2 is 1.93 bits per heavy atom. The van der Waals surface area contributed by atoms with Crippen LogP contribution < -0.4 is 11.1 Å². The molecular formula is C12H18N2. The van der Waals surface area contributed by atoms with Crippen LogP contribution in [0.3, 0.4) is 0 Å². The molecule has 2 nitrogen and oxygen atoms in total. The summed E-state index contributed by atoms with van der Waals surface area (Å²) >= 11 is 0. The number of nitrogens with one attached hydrogen (secondary N) is 1. The summed E-state index contributed by atoms with van der Waals surface area (Å²) in [7, 11) is 0. The predicted molar refractivity (Wildman–Crippen MR) is 59.2 cm³/mol. The van der Waals surface area contributed by atoms with Gasteiger partial charge in [0.1, 0.15) is 0 Å². The van der Waals surface area contributed by atoms with Crippen LogP contribution in [0.2, 0.25) is 0 Å². The van der Waals surface area contributed by atoms with E-state index in [9.17, 15) is 0 Å². The van der Waals surface area contributed by atoms with Crippen LogP contribution in [0, 0.1) is 0 Å². The minimum Gasteiger partial charge on any atom is -0.324 e. The highest BCUT2D eigenvalue weighted by atomic mass is 15.0. The topological polar surface area (TPSA) is 38.0 Å². The summed E-state index contributed by atoms with van der Waals surface area (Å²) in [6, 6.07) is 10.5. The second-order valence-electron chi connectivity index (χ2n) is 4.27. The van der Waals surface area contributed by atoms with E-state index in [0.29, 0.717) is 0 Å². The van der Waals surface area contributed by atoms with E-state index < -0.39 is 0 Å². The lowest BCUT2D eigenvalue weighted by atomic mass is 10.1. The van der Waals surface area contributed by atoms with Gasteiger partial charge >= 0.3 is 0 Å². The highest BCUT2D eigenvalue weighted by Crippen LogP contribution is 2.30. The Morgan fingerprint density at radius 1 is 1.21 bits per heavy atom. The molecule has 0 aliphatic heterocycles. The molecule has 0 bridgehead atoms. The first-order valence-corrected chi connectivity index (χ1v) is 5.32. The number of hydrogen-bond donors (Lipinski definition) is 2. The lowest BCUT2D eigenvalue weighted by molar-refractivity contribution is 0.571. The van der Waals surface area contributed by atoms with Crippen molar-refractivity contribution >= 4 is 0 Å². The van der Waals surface area contributed by atoms with Gasteiger partial charge in [-0.2, -0.15) is 0 Å². The van der Waals surface area contributed by atoms with Crippen molar-refractivity contribution in [1.29, 1.82) is 0 Å². The van der Waals surface area contributed by atoms with Crippen LogP contribution in [0.15, 0.2) is 30.3 Å². The summed E-state index contributed by atoms with van der Waals surface area (Å²) in [6.45, 7) is 2.00. The van der Waals surface area contributed by atoms with Crippen LogP contribution in [-0.2, 0) is 6.42 Å². The highest BCUT2D eigenvalue weighted by Gasteiger charge is 2.37. The second kappa shape index (κ2) is 4.11. The van der Waals surface area contributed by atoms with Crippen LogP contribution in [0.25, 0.3) is 0 Å². The summed E-state index contributed by atoms with van der Waals surface area (Å²) in [4.78, 5) is 0. The van der Waals surface area contributed by atoms with Crippen molar-refractivity contribution in [1.82, 2.24) is 5.32 Å². The Bertz CT molecular complexity index is 278. The summed E-state index contributed by atoms with van der Waals surface area (Å²) in [5.41, 5.74) is 7.49. The van der Waals surface area contributed by atoms with Crippen LogP contribution in [0.5, 0.6) is 0 Å². The molecule has 0 saturated heterocycles. The molecule has 0 aromatic heterocycles. The molecule has 14 heavy (non-hydrogen) atoms. The largest absolute Gasteiger partial charge is 0.324 e. The van der Waals surface area contributed by atoms with E-state index in [1.54, 1.807) is 0 Å². The van der Waals surface area contributed by atoms with Gasteiger partial charge in [-0.15, -0.1) is 0 Å². The molecule has 0 radical (unpaired) electrons. The smallest absolute Gasteiger partial charge is 0.0282 e. The van der Waals surface area contributed by atoms with E-state index in [1.807, 2.05) is 0 Å². The van der Waals surface area contributed by atoms with Crippen LogP contribution in [0.4, 0.5) is 0 Å². The van der Waals surface area contributed by atoms with Crippen molar-refractivity contribution in [3.8, 4) is 0 Å². The van der Waals surface area contributed by atoms with Gasteiger partial charge in [0.15, 0.2) is 0 Å². The molecular weight excluding hydrogens is 172 g/mol. The van der Waals surface area contributed by atoms with Crippen molar-refractivity contribution in [3.63, 3.8) is 0 Å². The molecule has 2 heteroatoms. The van der Waals surface area contributed by atoms with Gasteiger partial charge in [-0.3, -0.25) is 0 Å². The van der Waals surface area contributed by atoms with E-state index in [1.165, 1.54) is 18.4 Å². The second-order valence-corrected chi connectivity index (χ2v) is 4.27. The van der Waals surface area contributed by atoms with Gasteiger partial charge in [-0.05, 0) is 31.4 Å². The van der Waals surface area contributed by atoms with Crippen LogP contribution in [0.1, 0.15) is 18.4 Å². The average Bonchev–Trinajstić information content (AvgIpc) is 2.94. The summed E-state index contributed by atoms with van der Waals surface area (Å²) < 4.78 is 0. The van der Waals surface area contributed by atoms with Crippen molar-refractivity contribution in [2.45, 2.75) is 24.8 Å². The number of rotatable bonds is 5. The molecule has 1 aliphatic rings. The molecule has 0 unspecified atom stereocenters. The van der Waals surface area contributed by atoms with E-state index in [2.05, 4.69) is 35.6 Å². The fourth-order valence-corrected chi connectivity index (χ4v) is 1.55. The molecule has 1 aromatic carbocycles. The van der Waals surface area contributed by atoms with E-state index >= 15 is 0 Å². The van der Waals surface area contributed by atoms with Crippen molar-refractivity contribution in [3.05, 3.63) is 35.9 Å². The Balaban J connectivity index is 1.63. The maximum atomic E-state index is 5.96. The normalized spacial score (nSPS) is 18.1. The summed E-state index contributed by atoms with van der Waals surface area (Å²) in [6.07, 6.45) is 3.47. The number of benzene rings is 1. The average molecular weight is 190 g/mol. The summed E-state index contributed by atoms with van der Waals surface area (Å²) in [5.74, 6) is 0. The number of nitrogens with two attached hydrogens (primary N) is 1. The zero-order chi connectivity index (χ0) is 9.86. The molecule has 3 N–H and O–H groups in total. The van der Waals surface area contributed by atoms with Gasteiger partial charge < -0.3 is 11.1 Å². The third kappa shape index (κ3) is 2.82. The molecule has 1 aromatic rings. The Kier molecular flexibility index (Phi) is 2.85. The zero-order valence-corrected chi connectivity index (χ0v) is 8.50. The molecule has 0 atom stereocenters. The molecule has 0 amide bonds. The Labute approximate surface area is 85.5 Å². The van der Waals surface area contributed by atoms with E-state index in [-0.39, 0.29) is 5.54 Å². The number of hydrogen-bond acceptors (Lipinski definition) is 2. The molecule has 0 heterocycles. The minimum atomic E-state index is 0.136. The molecule has 2 rings (SSSR count). The third-order valence-electron chi connectivity index (χ3n) is 2.80. The lowest BCUT2D eigenvalue weighted by Crippen LogP contribution is -2.36. The first-order chi connectivity index (χ1) is 6.79. The van der Waals surface area contributed by atoms with Crippen LogP contribution in [-0.4, -0.2) is 18.6 Å². The third-order valence-corrected chi connectivity index (χ3v) is 2.80. The monoisotopic (exact) mass is 190 g/mol. The standard InChI is InChI=1S/C12H18N2/c13-12(7-8-12)10-14-9-6-11-4-2-1-3-5-11/h1-5,14H,6-10,13H2. The SMILES string of the molecule is NC1(CNCCc2ccccc2)CC1. The molecule has 76 valence electrons. The van der Waals surface area contributed by atoms with E-state index in [0.717, 1.165) is 19.5 Å². The van der Waals surface area contributed by atoms with E-state index in [4.69, 9.17) is 5.73 Å². The molecule has 1 saturated carbocycles. The van der Waals surface area contributed by atoms with Gasteiger partial charge in [0.2, 0.25) is 0 Å². The molecule has 1 fully saturated rings. The maximum Gasteiger partial charge on any atom is 0.0282 e. The fourth-order valence-electron chi connectivity index (χ4n) is 1.55. The first kappa shape index (κ1) is 9.69. The van der Waals surface area contributed by atoms with Crippen molar-refractivity contribution in [2.75, 3.05) is 13.1 Å². The lowest BCUT2D eigenvalue weighted by Gasteiger charge is -2.09. The summed E-state index contributed by atoms with van der Waals surface area (Å²) in [5, 5.41) is 3.41. The van der Waals surface area contributed by atoms with Gasteiger partial charge in [0, 0.05) is 12.1 Å². The maximum absolute atomic E-state index is 5.96. The fraction of sp³-hybridized carbons (Fsp3) is 0.500. The highest BCUT2D eigenvalue weighted by molar-refractivity contribution is 5.14. The first-order valence-electron chi connectivity index (χ1n) is 5.32. The van der Waals surface area contributed by atoms with Crippen LogP contribution >= 0.6 is 0 Å². The van der Waals surface area contributed by atoms with Crippen molar-refractivity contribution < 1.29 is 0 Å². The zero-order valence-electron chi connectivity index (χ0n) is 8.50. The van der Waals surface area contributed by atoms with Gasteiger partial charge in [0.05, 0.1) is 0 Å². The van der Waals surface area contributed by atoms with Crippen molar-refractivity contribution in [2.24, 2.45) is 5.73 Å². The van der Waals surface area contributed by atoms with Gasteiger partial charge in [-0.25, -0.2) is 0 Å². The van der Waals surface area contributed by atoms with Gasteiger partial charge in [0.25, 0.3) is 0 Å². The minimum absolute atomic E-state index is 0.136. The van der Waals surface area contributed by atoms with Gasteiger partial charge in [-0.1, -0.05) is 30.3 Å². The predicted octanol–water partition coefficient (Wildman–Crippen LogP) is 1.31.